The summed E-state index contributed by atoms with van der Waals surface area (Å²) in [6.07, 6.45) is 7.24. The van der Waals surface area contributed by atoms with Crippen LogP contribution in [0.15, 0.2) is 54.9 Å². The normalized spacial score (nSPS) is 18.0. The van der Waals surface area contributed by atoms with Crippen LogP contribution in [0.1, 0.15) is 65.5 Å². The number of aromatic nitrogens is 2. The number of hydrogen-bond acceptors (Lipinski definition) is 5. The molecular weight excluding hydrogens is 490 g/mol. The van der Waals surface area contributed by atoms with Crippen LogP contribution >= 0.6 is 0 Å². The zero-order valence-electron chi connectivity index (χ0n) is 23.6. The number of fused-ring (bicyclic) bond motifs is 1. The number of carbonyl (C=O) groups is 2. The summed E-state index contributed by atoms with van der Waals surface area (Å²) in [6, 6.07) is 14.7. The number of hydrogen-bond donors (Lipinski definition) is 1. The summed E-state index contributed by atoms with van der Waals surface area (Å²) < 4.78 is 7.59. The van der Waals surface area contributed by atoms with E-state index in [1.165, 1.54) is 0 Å². The van der Waals surface area contributed by atoms with Crippen LogP contribution in [0.4, 0.5) is 21.9 Å². The zero-order valence-corrected chi connectivity index (χ0v) is 23.6. The molecule has 8 nitrogen and oxygen atoms in total. The van der Waals surface area contributed by atoms with Crippen molar-refractivity contribution in [2.24, 2.45) is 0 Å². The van der Waals surface area contributed by atoms with Gasteiger partial charge in [-0.1, -0.05) is 24.3 Å². The third kappa shape index (κ3) is 5.79. The summed E-state index contributed by atoms with van der Waals surface area (Å²) in [7, 11) is 0. The third-order valence-electron chi connectivity index (χ3n) is 7.59. The van der Waals surface area contributed by atoms with Crippen LogP contribution in [-0.4, -0.2) is 51.4 Å². The Kier molecular flexibility index (Phi) is 7.38. The number of rotatable bonds is 4. The summed E-state index contributed by atoms with van der Waals surface area (Å²) in [4.78, 5) is 28.8. The molecular formula is C31H39N5O3. The van der Waals surface area contributed by atoms with Crippen LogP contribution in [0, 0.1) is 0 Å². The van der Waals surface area contributed by atoms with Crippen molar-refractivity contribution < 1.29 is 14.3 Å². The summed E-state index contributed by atoms with van der Waals surface area (Å²) in [5, 5.41) is 8.42. The van der Waals surface area contributed by atoms with Gasteiger partial charge in [0, 0.05) is 60.3 Å². The van der Waals surface area contributed by atoms with Crippen molar-refractivity contribution in [3.8, 4) is 11.1 Å². The van der Waals surface area contributed by atoms with E-state index in [1.807, 2.05) is 54.7 Å². The number of nitrogens with one attached hydrogen (secondary N) is 1. The first-order valence-electron chi connectivity index (χ1n) is 13.9. The Hall–Kier alpha value is -3.81. The number of para-hydroxylation sites is 1. The first-order valence-corrected chi connectivity index (χ1v) is 13.9. The summed E-state index contributed by atoms with van der Waals surface area (Å²) >= 11 is 0. The van der Waals surface area contributed by atoms with Crippen molar-refractivity contribution in [1.29, 1.82) is 0 Å². The molecule has 3 heterocycles. The van der Waals surface area contributed by atoms with Gasteiger partial charge in [0.2, 0.25) is 5.91 Å². The molecule has 1 atom stereocenters. The molecule has 5 rings (SSSR count). The quantitative estimate of drug-likeness (QED) is 0.414. The lowest BCUT2D eigenvalue weighted by Crippen LogP contribution is -2.42. The molecule has 0 saturated carbocycles. The highest BCUT2D eigenvalue weighted by Crippen LogP contribution is 2.43. The lowest BCUT2D eigenvalue weighted by Gasteiger charge is -2.36. The average molecular weight is 530 g/mol. The molecule has 2 aliphatic heterocycles. The van der Waals surface area contributed by atoms with Gasteiger partial charge < -0.3 is 19.9 Å². The molecule has 1 aromatic heterocycles. The molecule has 0 spiro atoms. The fourth-order valence-corrected chi connectivity index (χ4v) is 5.68. The van der Waals surface area contributed by atoms with Crippen molar-refractivity contribution in [2.45, 2.75) is 78.0 Å². The summed E-state index contributed by atoms with van der Waals surface area (Å²) in [5.41, 5.74) is 5.75. The van der Waals surface area contributed by atoms with E-state index in [0.29, 0.717) is 13.1 Å². The van der Waals surface area contributed by atoms with E-state index in [2.05, 4.69) is 42.7 Å². The van der Waals surface area contributed by atoms with E-state index in [4.69, 9.17) is 9.84 Å². The Labute approximate surface area is 230 Å². The lowest BCUT2D eigenvalue weighted by molar-refractivity contribution is -0.117. The molecule has 0 aliphatic carbocycles. The number of nitrogens with zero attached hydrogens (tertiary/aromatic N) is 4. The van der Waals surface area contributed by atoms with Gasteiger partial charge >= 0.3 is 6.09 Å². The van der Waals surface area contributed by atoms with Crippen LogP contribution in [0.25, 0.3) is 11.1 Å². The fourth-order valence-electron chi connectivity index (χ4n) is 5.68. The second-order valence-electron chi connectivity index (χ2n) is 11.7. The minimum absolute atomic E-state index is 0.0624. The molecule has 2 aliphatic rings. The van der Waals surface area contributed by atoms with Crippen molar-refractivity contribution in [2.75, 3.05) is 23.3 Å². The van der Waals surface area contributed by atoms with Crippen LogP contribution in [0.2, 0.25) is 0 Å². The maximum absolute atomic E-state index is 12.6. The average Bonchev–Trinajstić information content (AvgIpc) is 3.38. The van der Waals surface area contributed by atoms with Gasteiger partial charge in [-0.15, -0.1) is 0 Å². The van der Waals surface area contributed by atoms with E-state index >= 15 is 0 Å². The molecule has 0 bridgehead atoms. The molecule has 1 unspecified atom stereocenters. The first-order chi connectivity index (χ1) is 18.6. The van der Waals surface area contributed by atoms with Crippen LogP contribution in [-0.2, 0) is 16.0 Å². The van der Waals surface area contributed by atoms with Gasteiger partial charge in [-0.25, -0.2) is 4.79 Å². The molecule has 2 amide bonds. The van der Waals surface area contributed by atoms with Gasteiger partial charge in [0.25, 0.3) is 0 Å². The molecule has 8 heteroatoms. The highest BCUT2D eigenvalue weighted by Gasteiger charge is 2.31. The monoisotopic (exact) mass is 529 g/mol. The topological polar surface area (TPSA) is 79.7 Å². The molecule has 206 valence electrons. The van der Waals surface area contributed by atoms with E-state index in [9.17, 15) is 9.59 Å². The standard InChI is InChI=1S/C31H39N5O3/c1-21-11-12-27-28(36(21)22(2)37)14-13-26(29(27)33-24-9-7-6-8-10-24)23-19-32-35(20-23)25-15-17-34(18-16-25)30(38)39-31(3,4)5/h6-10,13-14,19-21,25,33H,11-12,15-18H2,1-5H3. The number of piperidine rings is 1. The molecule has 1 fully saturated rings. The second kappa shape index (κ2) is 10.8. The Balaban J connectivity index is 1.42. The van der Waals surface area contributed by atoms with Crippen molar-refractivity contribution in [3.05, 3.63) is 60.4 Å². The third-order valence-corrected chi connectivity index (χ3v) is 7.59. The fraction of sp³-hybridized carbons (Fsp3) is 0.452. The smallest absolute Gasteiger partial charge is 0.410 e. The van der Waals surface area contributed by atoms with Crippen molar-refractivity contribution >= 4 is 29.1 Å². The molecule has 39 heavy (non-hydrogen) atoms. The number of benzene rings is 2. The van der Waals surface area contributed by atoms with Gasteiger partial charge in [-0.3, -0.25) is 9.48 Å². The van der Waals surface area contributed by atoms with E-state index in [1.54, 1.807) is 11.8 Å². The molecule has 1 N–H and O–H groups in total. The summed E-state index contributed by atoms with van der Waals surface area (Å²) in [6.45, 7) is 10.7. The first kappa shape index (κ1) is 26.8. The number of anilines is 3. The Morgan fingerprint density at radius 3 is 2.41 bits per heavy atom. The van der Waals surface area contributed by atoms with Crippen molar-refractivity contribution in [3.63, 3.8) is 0 Å². The molecule has 3 aromatic rings. The number of likely N-dealkylation sites (tertiary alicyclic amines) is 1. The molecule has 1 saturated heterocycles. The second-order valence-corrected chi connectivity index (χ2v) is 11.7. The summed E-state index contributed by atoms with van der Waals surface area (Å²) in [5.74, 6) is 0.0624. The Morgan fingerprint density at radius 2 is 1.74 bits per heavy atom. The van der Waals surface area contributed by atoms with Gasteiger partial charge in [0.05, 0.1) is 17.9 Å². The van der Waals surface area contributed by atoms with Crippen molar-refractivity contribution in [1.82, 2.24) is 14.7 Å². The number of carbonyl (C=O) groups excluding carboxylic acids is 2. The Bertz CT molecular complexity index is 1340. The van der Waals surface area contributed by atoms with E-state index in [0.717, 1.165) is 59.4 Å². The zero-order chi connectivity index (χ0) is 27.7. The van der Waals surface area contributed by atoms with Crippen LogP contribution in [0.5, 0.6) is 0 Å². The van der Waals surface area contributed by atoms with Gasteiger partial charge in [0.1, 0.15) is 5.60 Å². The Morgan fingerprint density at radius 1 is 1.03 bits per heavy atom. The predicted octanol–water partition coefficient (Wildman–Crippen LogP) is 6.55. The highest BCUT2D eigenvalue weighted by atomic mass is 16.6. The molecule has 2 aromatic carbocycles. The minimum Gasteiger partial charge on any atom is -0.444 e. The van der Waals surface area contributed by atoms with Gasteiger partial charge in [-0.05, 0) is 71.6 Å². The number of amides is 2. The predicted molar refractivity (Wildman–Crippen MR) is 154 cm³/mol. The maximum Gasteiger partial charge on any atom is 0.410 e. The van der Waals surface area contributed by atoms with E-state index < -0.39 is 5.60 Å². The SMILES string of the molecule is CC(=O)N1c2ccc(-c3cnn(C4CCN(C(=O)OC(C)(C)C)CC4)c3)c(Nc3ccccc3)c2CCC1C. The minimum atomic E-state index is -0.495. The van der Waals surface area contributed by atoms with Gasteiger partial charge in [-0.2, -0.15) is 5.10 Å². The lowest BCUT2D eigenvalue weighted by atomic mass is 9.91. The van der Waals surface area contributed by atoms with Crippen LogP contribution in [0.3, 0.4) is 0 Å². The van der Waals surface area contributed by atoms with E-state index in [-0.39, 0.29) is 24.1 Å². The largest absolute Gasteiger partial charge is 0.444 e. The van der Waals surface area contributed by atoms with Gasteiger partial charge in [0.15, 0.2) is 0 Å². The highest BCUT2D eigenvalue weighted by molar-refractivity contribution is 5.97. The van der Waals surface area contributed by atoms with Crippen LogP contribution < -0.4 is 10.2 Å². The molecule has 0 radical (unpaired) electrons. The number of ether oxygens (including phenoxy) is 1. The maximum atomic E-state index is 12.6.